The zero-order valence-corrected chi connectivity index (χ0v) is 9.14. The first-order valence-corrected chi connectivity index (χ1v) is 4.38. The van der Waals surface area contributed by atoms with E-state index >= 15 is 0 Å². The second kappa shape index (κ2) is 4.44. The van der Waals surface area contributed by atoms with Gasteiger partial charge in [-0.15, -0.1) is 12.4 Å². The zero-order chi connectivity index (χ0) is 9.26. The summed E-state index contributed by atoms with van der Waals surface area (Å²) >= 11 is 0. The average Bonchev–Trinajstić information content (AvgIpc) is 2.46. The standard InChI is InChI=1S/C10H13N3.ClH/c1-11-7-9-8-5-3-4-6-10(8)13(2)12-9;/h3-6,11H,7H2,1-2H3;1H. The summed E-state index contributed by atoms with van der Waals surface area (Å²) in [6.45, 7) is 0.821. The monoisotopic (exact) mass is 211 g/mol. The third-order valence-corrected chi connectivity index (χ3v) is 2.18. The molecule has 1 heterocycles. The Morgan fingerprint density at radius 3 is 2.79 bits per heavy atom. The molecule has 0 bridgehead atoms. The van der Waals surface area contributed by atoms with Gasteiger partial charge in [0, 0.05) is 19.0 Å². The van der Waals surface area contributed by atoms with Crippen LogP contribution in [0.3, 0.4) is 0 Å². The van der Waals surface area contributed by atoms with Gasteiger partial charge in [-0.25, -0.2) is 0 Å². The lowest BCUT2D eigenvalue weighted by atomic mass is 10.2. The number of nitrogens with zero attached hydrogens (tertiary/aromatic N) is 2. The second-order valence-corrected chi connectivity index (χ2v) is 3.12. The van der Waals surface area contributed by atoms with E-state index in [-0.39, 0.29) is 12.4 Å². The highest BCUT2D eigenvalue weighted by atomic mass is 35.5. The maximum Gasteiger partial charge on any atom is 0.0840 e. The quantitative estimate of drug-likeness (QED) is 0.820. The van der Waals surface area contributed by atoms with Gasteiger partial charge in [0.05, 0.1) is 11.2 Å². The van der Waals surface area contributed by atoms with Gasteiger partial charge < -0.3 is 5.32 Å². The molecule has 0 aliphatic heterocycles. The molecule has 1 aromatic carbocycles. The van der Waals surface area contributed by atoms with E-state index < -0.39 is 0 Å². The van der Waals surface area contributed by atoms with Crippen LogP contribution in [-0.2, 0) is 13.6 Å². The number of aromatic nitrogens is 2. The topological polar surface area (TPSA) is 29.9 Å². The van der Waals surface area contributed by atoms with Crippen molar-refractivity contribution in [1.29, 1.82) is 0 Å². The molecule has 0 saturated carbocycles. The Bertz CT molecular complexity index is 422. The van der Waals surface area contributed by atoms with Crippen LogP contribution in [0.25, 0.3) is 10.9 Å². The normalized spacial score (nSPS) is 10.1. The molecule has 0 fully saturated rings. The lowest BCUT2D eigenvalue weighted by Gasteiger charge is -1.93. The minimum Gasteiger partial charge on any atom is -0.314 e. The Balaban J connectivity index is 0.000000980. The van der Waals surface area contributed by atoms with Crippen molar-refractivity contribution in [2.24, 2.45) is 7.05 Å². The summed E-state index contributed by atoms with van der Waals surface area (Å²) in [6.07, 6.45) is 0. The first-order valence-electron chi connectivity index (χ1n) is 4.38. The van der Waals surface area contributed by atoms with Gasteiger partial charge in [0.2, 0.25) is 0 Å². The minimum absolute atomic E-state index is 0. The number of aryl methyl sites for hydroxylation is 1. The van der Waals surface area contributed by atoms with Gasteiger partial charge >= 0.3 is 0 Å². The predicted molar refractivity (Wildman–Crippen MR) is 60.7 cm³/mol. The molecule has 4 heteroatoms. The molecule has 2 rings (SSSR count). The summed E-state index contributed by atoms with van der Waals surface area (Å²) in [7, 11) is 3.91. The van der Waals surface area contributed by atoms with Gasteiger partial charge in [0.15, 0.2) is 0 Å². The summed E-state index contributed by atoms with van der Waals surface area (Å²) in [5.41, 5.74) is 2.30. The van der Waals surface area contributed by atoms with Crippen LogP contribution >= 0.6 is 12.4 Å². The Hall–Kier alpha value is -1.06. The molecule has 2 aromatic rings. The summed E-state index contributed by atoms with van der Waals surface area (Å²) < 4.78 is 1.92. The number of para-hydroxylation sites is 1. The molecular formula is C10H14ClN3. The van der Waals surface area contributed by atoms with Crippen LogP contribution in [0.4, 0.5) is 0 Å². The minimum atomic E-state index is 0. The molecular weight excluding hydrogens is 198 g/mol. The van der Waals surface area contributed by atoms with Gasteiger partial charge in [-0.05, 0) is 13.1 Å². The highest BCUT2D eigenvalue weighted by molar-refractivity contribution is 5.85. The van der Waals surface area contributed by atoms with Crippen molar-refractivity contribution in [3.05, 3.63) is 30.0 Å². The van der Waals surface area contributed by atoms with Crippen LogP contribution in [0.15, 0.2) is 24.3 Å². The number of hydrogen-bond acceptors (Lipinski definition) is 2. The fourth-order valence-corrected chi connectivity index (χ4v) is 1.59. The van der Waals surface area contributed by atoms with E-state index in [2.05, 4.69) is 22.5 Å². The maximum atomic E-state index is 4.43. The number of benzene rings is 1. The fraction of sp³-hybridized carbons (Fsp3) is 0.300. The van der Waals surface area contributed by atoms with Crippen molar-refractivity contribution in [3.63, 3.8) is 0 Å². The van der Waals surface area contributed by atoms with E-state index in [1.807, 2.05) is 30.9 Å². The van der Waals surface area contributed by atoms with E-state index in [0.717, 1.165) is 12.2 Å². The van der Waals surface area contributed by atoms with Crippen LogP contribution in [0.1, 0.15) is 5.69 Å². The first-order chi connectivity index (χ1) is 6.33. The number of fused-ring (bicyclic) bond motifs is 1. The van der Waals surface area contributed by atoms with Gasteiger partial charge in [-0.3, -0.25) is 4.68 Å². The Morgan fingerprint density at radius 1 is 1.36 bits per heavy atom. The Morgan fingerprint density at radius 2 is 2.07 bits per heavy atom. The summed E-state index contributed by atoms with van der Waals surface area (Å²) in [5.74, 6) is 0. The van der Waals surface area contributed by atoms with Gasteiger partial charge in [0.25, 0.3) is 0 Å². The van der Waals surface area contributed by atoms with Crippen LogP contribution < -0.4 is 5.32 Å². The zero-order valence-electron chi connectivity index (χ0n) is 8.32. The van der Waals surface area contributed by atoms with Gasteiger partial charge in [-0.2, -0.15) is 5.10 Å². The van der Waals surface area contributed by atoms with E-state index in [9.17, 15) is 0 Å². The summed E-state index contributed by atoms with van der Waals surface area (Å²) in [6, 6.07) is 8.27. The average molecular weight is 212 g/mol. The number of nitrogens with one attached hydrogen (secondary N) is 1. The van der Waals surface area contributed by atoms with Crippen LogP contribution in [0, 0.1) is 0 Å². The molecule has 14 heavy (non-hydrogen) atoms. The third kappa shape index (κ3) is 1.74. The van der Waals surface area contributed by atoms with Crippen molar-refractivity contribution in [3.8, 4) is 0 Å². The molecule has 0 unspecified atom stereocenters. The number of rotatable bonds is 2. The van der Waals surface area contributed by atoms with Crippen molar-refractivity contribution < 1.29 is 0 Å². The van der Waals surface area contributed by atoms with E-state index in [4.69, 9.17) is 0 Å². The number of hydrogen-bond donors (Lipinski definition) is 1. The highest BCUT2D eigenvalue weighted by Gasteiger charge is 2.05. The first kappa shape index (κ1) is 11.0. The highest BCUT2D eigenvalue weighted by Crippen LogP contribution is 2.16. The molecule has 0 amide bonds. The van der Waals surface area contributed by atoms with Gasteiger partial charge in [-0.1, -0.05) is 18.2 Å². The molecule has 76 valence electrons. The smallest absolute Gasteiger partial charge is 0.0840 e. The Labute approximate surface area is 89.5 Å². The SMILES string of the molecule is CNCc1nn(C)c2ccccc12.Cl. The number of halogens is 1. The molecule has 1 N–H and O–H groups in total. The van der Waals surface area contributed by atoms with Crippen molar-refractivity contribution in [2.45, 2.75) is 6.54 Å². The van der Waals surface area contributed by atoms with Crippen molar-refractivity contribution in [1.82, 2.24) is 15.1 Å². The molecule has 1 aromatic heterocycles. The van der Waals surface area contributed by atoms with Crippen molar-refractivity contribution >= 4 is 23.3 Å². The summed E-state index contributed by atoms with van der Waals surface area (Å²) in [4.78, 5) is 0. The van der Waals surface area contributed by atoms with Crippen molar-refractivity contribution in [2.75, 3.05) is 7.05 Å². The predicted octanol–water partition coefficient (Wildman–Crippen LogP) is 1.71. The van der Waals surface area contributed by atoms with Crippen LogP contribution in [0.2, 0.25) is 0 Å². The van der Waals surface area contributed by atoms with E-state index in [1.165, 1.54) is 10.9 Å². The third-order valence-electron chi connectivity index (χ3n) is 2.18. The molecule has 0 aliphatic rings. The maximum absolute atomic E-state index is 4.43. The lowest BCUT2D eigenvalue weighted by Crippen LogP contribution is -2.06. The Kier molecular flexibility index (Phi) is 3.49. The van der Waals surface area contributed by atoms with Gasteiger partial charge in [0.1, 0.15) is 0 Å². The van der Waals surface area contributed by atoms with E-state index in [1.54, 1.807) is 0 Å². The van der Waals surface area contributed by atoms with E-state index in [0.29, 0.717) is 0 Å². The molecule has 0 aliphatic carbocycles. The molecule has 0 saturated heterocycles. The van der Waals surface area contributed by atoms with Crippen LogP contribution in [0.5, 0.6) is 0 Å². The molecule has 0 radical (unpaired) electrons. The fourth-order valence-electron chi connectivity index (χ4n) is 1.59. The molecule has 0 spiro atoms. The lowest BCUT2D eigenvalue weighted by molar-refractivity contribution is 0.726. The molecule has 3 nitrogen and oxygen atoms in total. The van der Waals surface area contributed by atoms with Crippen LogP contribution in [-0.4, -0.2) is 16.8 Å². The second-order valence-electron chi connectivity index (χ2n) is 3.12. The molecule has 0 atom stereocenters. The summed E-state index contributed by atoms with van der Waals surface area (Å²) in [5, 5.41) is 8.78. The largest absolute Gasteiger partial charge is 0.314 e.